The van der Waals surface area contributed by atoms with Gasteiger partial charge in [-0.15, -0.1) is 0 Å². The molecule has 1 atom stereocenters. The number of ether oxygens (including phenoxy) is 3. The number of fused-ring (bicyclic) bond motifs is 1. The topological polar surface area (TPSA) is 60.4 Å². The summed E-state index contributed by atoms with van der Waals surface area (Å²) in [4.78, 5) is 19.1. The van der Waals surface area contributed by atoms with Crippen molar-refractivity contribution in [2.45, 2.75) is 19.9 Å². The predicted molar refractivity (Wildman–Crippen MR) is 97.6 cm³/mol. The highest BCUT2D eigenvalue weighted by Gasteiger charge is 2.37. The average Bonchev–Trinajstić information content (AvgIpc) is 3.07. The molecule has 0 aliphatic carbocycles. The minimum Gasteiger partial charge on any atom is -0.493 e. The van der Waals surface area contributed by atoms with Gasteiger partial charge in [-0.25, -0.2) is 9.79 Å². The number of methoxy groups -OCH3 is 2. The highest BCUT2D eigenvalue weighted by Crippen LogP contribution is 2.42. The Labute approximate surface area is 151 Å². The zero-order valence-corrected chi connectivity index (χ0v) is 15.4. The lowest BCUT2D eigenvalue weighted by atomic mass is 9.94. The van der Waals surface area contributed by atoms with E-state index in [1.165, 1.54) is 11.8 Å². The largest absolute Gasteiger partial charge is 0.493 e. The van der Waals surface area contributed by atoms with Gasteiger partial charge in [0.25, 0.3) is 0 Å². The molecule has 1 aromatic rings. The van der Waals surface area contributed by atoms with E-state index >= 15 is 0 Å². The van der Waals surface area contributed by atoms with E-state index in [2.05, 4.69) is 4.99 Å². The second kappa shape index (κ2) is 7.23. The van der Waals surface area contributed by atoms with E-state index in [1.54, 1.807) is 21.1 Å². The second-order valence-electron chi connectivity index (χ2n) is 5.44. The molecule has 0 radical (unpaired) electrons. The van der Waals surface area contributed by atoms with Crippen LogP contribution in [-0.2, 0) is 9.53 Å². The molecule has 7 heteroatoms. The Bertz CT molecular complexity index is 785. The minimum absolute atomic E-state index is 0.315. The van der Waals surface area contributed by atoms with Gasteiger partial charge in [-0.1, -0.05) is 17.8 Å². The lowest BCUT2D eigenvalue weighted by molar-refractivity contribution is -0.139. The molecule has 0 N–H and O–H groups in total. The van der Waals surface area contributed by atoms with Crippen molar-refractivity contribution in [2.24, 2.45) is 4.99 Å². The van der Waals surface area contributed by atoms with Gasteiger partial charge in [-0.3, -0.25) is 0 Å². The number of esters is 1. The molecule has 0 amide bonds. The average molecular weight is 360 g/mol. The van der Waals surface area contributed by atoms with Gasteiger partial charge >= 0.3 is 5.97 Å². The van der Waals surface area contributed by atoms with Crippen LogP contribution in [0.3, 0.4) is 0 Å². The molecule has 0 spiro atoms. The van der Waals surface area contributed by atoms with Crippen LogP contribution in [0.4, 0.5) is 0 Å². The third-order valence-electron chi connectivity index (χ3n) is 4.04. The Morgan fingerprint density at radius 3 is 2.72 bits per heavy atom. The molecular weight excluding hydrogens is 340 g/mol. The first kappa shape index (κ1) is 17.4. The van der Waals surface area contributed by atoms with E-state index in [9.17, 15) is 4.79 Å². The van der Waals surface area contributed by atoms with Crippen LogP contribution < -0.4 is 9.47 Å². The first-order chi connectivity index (χ1) is 12.1. The van der Waals surface area contributed by atoms with Crippen molar-refractivity contribution < 1.29 is 19.0 Å². The number of benzene rings is 1. The van der Waals surface area contributed by atoms with Gasteiger partial charge in [0, 0.05) is 6.20 Å². The van der Waals surface area contributed by atoms with Crippen LogP contribution in [0, 0.1) is 0 Å². The number of hydrogen-bond donors (Lipinski definition) is 0. The molecular formula is C18H20N2O4S. The summed E-state index contributed by atoms with van der Waals surface area (Å²) in [6.45, 7) is 3.95. The molecule has 132 valence electrons. The SMILES string of the molecule is CCOC(=O)C1=C(C)N=C2SC=CN2[C@@H]1c1ccc(OC)c(OC)c1. The molecule has 6 nitrogen and oxygen atoms in total. The van der Waals surface area contributed by atoms with Gasteiger partial charge in [0.05, 0.1) is 38.1 Å². The van der Waals surface area contributed by atoms with Crippen LogP contribution in [0.5, 0.6) is 11.5 Å². The van der Waals surface area contributed by atoms with E-state index in [4.69, 9.17) is 14.2 Å². The third kappa shape index (κ3) is 3.11. The summed E-state index contributed by atoms with van der Waals surface area (Å²) < 4.78 is 16.0. The van der Waals surface area contributed by atoms with Crippen LogP contribution in [0.15, 0.2) is 46.1 Å². The maximum Gasteiger partial charge on any atom is 0.338 e. The Balaban J connectivity index is 2.11. The van der Waals surface area contributed by atoms with Crippen LogP contribution in [0.1, 0.15) is 25.5 Å². The number of hydrogen-bond acceptors (Lipinski definition) is 7. The van der Waals surface area contributed by atoms with E-state index in [-0.39, 0.29) is 12.0 Å². The maximum atomic E-state index is 12.6. The fourth-order valence-corrected chi connectivity index (χ4v) is 3.71. The van der Waals surface area contributed by atoms with Crippen molar-refractivity contribution in [2.75, 3.05) is 20.8 Å². The van der Waals surface area contributed by atoms with Gasteiger partial charge in [-0.2, -0.15) is 0 Å². The van der Waals surface area contributed by atoms with E-state index in [1.807, 2.05) is 41.6 Å². The van der Waals surface area contributed by atoms with Crippen LogP contribution >= 0.6 is 11.8 Å². The molecule has 2 heterocycles. The summed E-state index contributed by atoms with van der Waals surface area (Å²) in [5.41, 5.74) is 2.10. The third-order valence-corrected chi connectivity index (χ3v) is 4.81. The van der Waals surface area contributed by atoms with Crippen molar-refractivity contribution in [1.29, 1.82) is 0 Å². The van der Waals surface area contributed by atoms with Crippen molar-refractivity contribution in [3.63, 3.8) is 0 Å². The lowest BCUT2D eigenvalue weighted by Crippen LogP contribution is -2.34. The fraction of sp³-hybridized carbons (Fsp3) is 0.333. The summed E-state index contributed by atoms with van der Waals surface area (Å²) in [5.74, 6) is 0.898. The standard InChI is InChI=1S/C18H20N2O4S/c1-5-24-17(21)15-11(2)19-18-20(8-9-25-18)16(15)12-6-7-13(22-3)14(10-12)23-4/h6-10,16H,5H2,1-4H3/t16-/m1/s1. The van der Waals surface area contributed by atoms with Crippen molar-refractivity contribution in [3.05, 3.63) is 46.6 Å². The predicted octanol–water partition coefficient (Wildman–Crippen LogP) is 3.47. The molecule has 1 aromatic carbocycles. The zero-order chi connectivity index (χ0) is 18.0. The summed E-state index contributed by atoms with van der Waals surface area (Å²) in [6.07, 6.45) is 1.93. The normalized spacial score (nSPS) is 18.8. The van der Waals surface area contributed by atoms with Crippen molar-refractivity contribution in [1.82, 2.24) is 4.90 Å². The highest BCUT2D eigenvalue weighted by atomic mass is 32.2. The molecule has 0 saturated heterocycles. The van der Waals surface area contributed by atoms with Gasteiger partial charge in [-0.05, 0) is 37.0 Å². The van der Waals surface area contributed by atoms with Gasteiger partial charge < -0.3 is 19.1 Å². The van der Waals surface area contributed by atoms with Gasteiger partial charge in [0.15, 0.2) is 16.7 Å². The van der Waals surface area contributed by atoms with Gasteiger partial charge in [0.1, 0.15) is 0 Å². The summed E-state index contributed by atoms with van der Waals surface area (Å²) in [6, 6.07) is 5.33. The number of nitrogens with zero attached hydrogens (tertiary/aromatic N) is 2. The Morgan fingerprint density at radius 1 is 1.28 bits per heavy atom. The van der Waals surface area contributed by atoms with E-state index in [0.717, 1.165) is 10.7 Å². The van der Waals surface area contributed by atoms with Gasteiger partial charge in [0.2, 0.25) is 0 Å². The molecule has 2 aliphatic rings. The highest BCUT2D eigenvalue weighted by molar-refractivity contribution is 8.16. The summed E-state index contributed by atoms with van der Waals surface area (Å²) >= 11 is 1.53. The molecule has 0 bridgehead atoms. The Morgan fingerprint density at radius 2 is 2.04 bits per heavy atom. The number of rotatable bonds is 5. The molecule has 25 heavy (non-hydrogen) atoms. The molecule has 3 rings (SSSR count). The summed E-state index contributed by atoms with van der Waals surface area (Å²) in [5, 5.41) is 2.79. The van der Waals surface area contributed by atoms with Crippen LogP contribution in [0.2, 0.25) is 0 Å². The zero-order valence-electron chi connectivity index (χ0n) is 14.6. The second-order valence-corrected chi connectivity index (χ2v) is 6.31. The number of thioether (sulfide) groups is 1. The number of amidine groups is 1. The first-order valence-electron chi connectivity index (χ1n) is 7.90. The number of allylic oxidation sites excluding steroid dienone is 1. The minimum atomic E-state index is -0.354. The van der Waals surface area contributed by atoms with Crippen LogP contribution in [-0.4, -0.2) is 36.9 Å². The Kier molecular flexibility index (Phi) is 5.03. The Hall–Kier alpha value is -2.41. The maximum absolute atomic E-state index is 12.6. The van der Waals surface area contributed by atoms with E-state index in [0.29, 0.717) is 29.4 Å². The number of aliphatic imine (C=N–C) groups is 1. The smallest absolute Gasteiger partial charge is 0.338 e. The molecule has 0 aromatic heterocycles. The van der Waals surface area contributed by atoms with Crippen molar-refractivity contribution in [3.8, 4) is 11.5 Å². The first-order valence-corrected chi connectivity index (χ1v) is 8.78. The van der Waals surface area contributed by atoms with E-state index < -0.39 is 0 Å². The quantitative estimate of drug-likeness (QED) is 0.750. The molecule has 0 unspecified atom stereocenters. The monoisotopic (exact) mass is 360 g/mol. The molecule has 0 fully saturated rings. The fourth-order valence-electron chi connectivity index (χ4n) is 2.92. The number of carbonyl (C=O) groups excluding carboxylic acids is 1. The van der Waals surface area contributed by atoms with Crippen LogP contribution in [0.25, 0.3) is 0 Å². The van der Waals surface area contributed by atoms with Crippen molar-refractivity contribution >= 4 is 22.9 Å². The molecule has 2 aliphatic heterocycles. The number of carbonyl (C=O) groups is 1. The lowest BCUT2D eigenvalue weighted by Gasteiger charge is -2.33. The summed E-state index contributed by atoms with van der Waals surface area (Å²) in [7, 11) is 3.19. The molecule has 0 saturated carbocycles.